The Bertz CT molecular complexity index is 808. The lowest BCUT2D eigenvalue weighted by Gasteiger charge is -2.11. The van der Waals surface area contributed by atoms with Gasteiger partial charge in [0.2, 0.25) is 0 Å². The highest BCUT2D eigenvalue weighted by molar-refractivity contribution is 9.10. The number of esters is 1. The lowest BCUT2D eigenvalue weighted by molar-refractivity contribution is -0.143. The molecule has 1 unspecified atom stereocenters. The average Bonchev–Trinajstić information content (AvgIpc) is 2.56. The summed E-state index contributed by atoms with van der Waals surface area (Å²) >= 11 is 9.35. The van der Waals surface area contributed by atoms with Gasteiger partial charge in [-0.15, -0.1) is 0 Å². The van der Waals surface area contributed by atoms with Crippen LogP contribution in [0.4, 0.5) is 10.1 Å². The Morgan fingerprint density at radius 3 is 2.56 bits per heavy atom. The van der Waals surface area contributed by atoms with Crippen molar-refractivity contribution in [3.63, 3.8) is 0 Å². The van der Waals surface area contributed by atoms with Gasteiger partial charge in [0.15, 0.2) is 11.7 Å². The largest absolute Gasteiger partial charge is 0.465 e. The number of Topliss-reactive ketones (excluding diaryl/α,β-unsaturated/α-hetero) is 1. The van der Waals surface area contributed by atoms with E-state index in [0.717, 1.165) is 0 Å². The number of carbonyl (C=O) groups is 2. The Morgan fingerprint density at radius 2 is 1.96 bits per heavy atom. The van der Waals surface area contributed by atoms with Gasteiger partial charge in [-0.2, -0.15) is 0 Å². The minimum Gasteiger partial charge on any atom is -0.465 e. The first kappa shape index (κ1) is 19.3. The summed E-state index contributed by atoms with van der Waals surface area (Å²) < 4.78 is 18.6. The second kappa shape index (κ2) is 8.87. The third kappa shape index (κ3) is 5.21. The lowest BCUT2D eigenvalue weighted by atomic mass is 9.98. The maximum Gasteiger partial charge on any atom is 0.322 e. The molecule has 0 heterocycles. The number of rotatable bonds is 6. The van der Waals surface area contributed by atoms with Crippen molar-refractivity contribution in [2.24, 2.45) is 10.9 Å². The van der Waals surface area contributed by atoms with Crippen molar-refractivity contribution in [2.75, 3.05) is 6.61 Å². The van der Waals surface area contributed by atoms with E-state index in [1.54, 1.807) is 19.1 Å². The van der Waals surface area contributed by atoms with Gasteiger partial charge in [-0.05, 0) is 49.4 Å². The minimum absolute atomic E-state index is 0.126. The Kier molecular flexibility index (Phi) is 6.84. The second-order valence-corrected chi connectivity index (χ2v) is 6.30. The van der Waals surface area contributed by atoms with Gasteiger partial charge in [0, 0.05) is 16.3 Å². The zero-order valence-corrected chi connectivity index (χ0v) is 15.6. The molecule has 0 aliphatic rings. The van der Waals surface area contributed by atoms with E-state index >= 15 is 0 Å². The molecular weight excluding hydrogens is 413 g/mol. The Labute approximate surface area is 157 Å². The number of hydrogen-bond donors (Lipinski definition) is 0. The monoisotopic (exact) mass is 425 g/mol. The molecule has 2 rings (SSSR count). The molecule has 0 aromatic heterocycles. The molecule has 0 N–H and O–H groups in total. The van der Waals surface area contributed by atoms with Gasteiger partial charge in [-0.3, -0.25) is 14.6 Å². The second-order valence-electron chi connectivity index (χ2n) is 4.97. The van der Waals surface area contributed by atoms with Crippen LogP contribution in [0.1, 0.15) is 17.3 Å². The van der Waals surface area contributed by atoms with E-state index in [1.165, 1.54) is 36.5 Å². The van der Waals surface area contributed by atoms with Crippen LogP contribution in [-0.2, 0) is 9.53 Å². The Hall–Kier alpha value is -2.05. The molecule has 0 radical (unpaired) electrons. The van der Waals surface area contributed by atoms with Gasteiger partial charge >= 0.3 is 5.97 Å². The van der Waals surface area contributed by atoms with Crippen molar-refractivity contribution in [1.29, 1.82) is 0 Å². The molecule has 0 bridgehead atoms. The van der Waals surface area contributed by atoms with Crippen molar-refractivity contribution in [2.45, 2.75) is 6.92 Å². The van der Waals surface area contributed by atoms with Gasteiger partial charge < -0.3 is 4.74 Å². The summed E-state index contributed by atoms with van der Waals surface area (Å²) in [6, 6.07) is 10.1. The van der Waals surface area contributed by atoms with Crippen LogP contribution in [0.5, 0.6) is 0 Å². The van der Waals surface area contributed by atoms with Gasteiger partial charge in [0.1, 0.15) is 5.82 Å². The van der Waals surface area contributed by atoms with E-state index in [-0.39, 0.29) is 17.2 Å². The number of halogens is 3. The number of hydrogen-bond acceptors (Lipinski definition) is 4. The first-order valence-corrected chi connectivity index (χ1v) is 8.55. The van der Waals surface area contributed by atoms with Gasteiger partial charge in [0.25, 0.3) is 0 Å². The highest BCUT2D eigenvalue weighted by Crippen LogP contribution is 2.24. The van der Waals surface area contributed by atoms with Gasteiger partial charge in [-0.1, -0.05) is 27.5 Å². The highest BCUT2D eigenvalue weighted by Gasteiger charge is 2.28. The molecule has 0 saturated carbocycles. The third-order valence-electron chi connectivity index (χ3n) is 3.22. The SMILES string of the molecule is CCOC(=O)C(C=Nc1ccc(F)cc1)C(=O)c1ccc(Br)cc1Cl. The molecule has 0 amide bonds. The Morgan fingerprint density at radius 1 is 1.28 bits per heavy atom. The number of ketones is 1. The molecule has 0 aliphatic heterocycles. The van der Waals surface area contributed by atoms with Crippen molar-refractivity contribution in [3.8, 4) is 0 Å². The van der Waals surface area contributed by atoms with Crippen LogP contribution in [-0.4, -0.2) is 24.6 Å². The maximum atomic E-state index is 12.9. The van der Waals surface area contributed by atoms with Crippen LogP contribution < -0.4 is 0 Å². The molecule has 130 valence electrons. The summed E-state index contributed by atoms with van der Waals surface area (Å²) in [5, 5.41) is 0.212. The van der Waals surface area contributed by atoms with Crippen LogP contribution in [0.15, 0.2) is 51.9 Å². The maximum absolute atomic E-state index is 12.9. The van der Waals surface area contributed by atoms with E-state index in [2.05, 4.69) is 20.9 Å². The first-order valence-electron chi connectivity index (χ1n) is 7.38. The molecule has 1 atom stereocenters. The summed E-state index contributed by atoms with van der Waals surface area (Å²) in [7, 11) is 0. The number of carbonyl (C=O) groups excluding carboxylic acids is 2. The predicted octanol–water partition coefficient (Wildman–Crippen LogP) is 5.01. The molecule has 4 nitrogen and oxygen atoms in total. The zero-order chi connectivity index (χ0) is 18.4. The highest BCUT2D eigenvalue weighted by atomic mass is 79.9. The summed E-state index contributed by atoms with van der Waals surface area (Å²) in [5.74, 6) is -2.90. The molecule has 7 heteroatoms. The van der Waals surface area contributed by atoms with E-state index in [4.69, 9.17) is 16.3 Å². The molecule has 0 saturated heterocycles. The van der Waals surface area contributed by atoms with Gasteiger partial charge in [-0.25, -0.2) is 4.39 Å². The fraction of sp³-hybridized carbons (Fsp3) is 0.167. The van der Waals surface area contributed by atoms with Crippen molar-refractivity contribution < 1.29 is 18.7 Å². The predicted molar refractivity (Wildman–Crippen MR) is 98.2 cm³/mol. The van der Waals surface area contributed by atoms with E-state index < -0.39 is 23.5 Å². The van der Waals surface area contributed by atoms with Crippen LogP contribution in [0, 0.1) is 11.7 Å². The lowest BCUT2D eigenvalue weighted by Crippen LogP contribution is -2.28. The molecule has 0 spiro atoms. The number of benzene rings is 2. The quantitative estimate of drug-likeness (QED) is 0.282. The van der Waals surface area contributed by atoms with Crippen LogP contribution >= 0.6 is 27.5 Å². The number of nitrogens with zero attached hydrogens (tertiary/aromatic N) is 1. The zero-order valence-electron chi connectivity index (χ0n) is 13.2. The van der Waals surface area contributed by atoms with Crippen LogP contribution in [0.3, 0.4) is 0 Å². The van der Waals surface area contributed by atoms with Crippen molar-refractivity contribution >= 4 is 51.2 Å². The summed E-state index contributed by atoms with van der Waals surface area (Å²) in [5.41, 5.74) is 0.596. The fourth-order valence-corrected chi connectivity index (χ4v) is 2.78. The van der Waals surface area contributed by atoms with E-state index in [0.29, 0.717) is 10.2 Å². The topological polar surface area (TPSA) is 55.7 Å². The van der Waals surface area contributed by atoms with E-state index in [9.17, 15) is 14.0 Å². The average molecular weight is 427 g/mol. The summed E-state index contributed by atoms with van der Waals surface area (Å²) in [6.07, 6.45) is 1.19. The molecule has 0 fully saturated rings. The molecule has 2 aromatic carbocycles. The van der Waals surface area contributed by atoms with Gasteiger partial charge in [0.05, 0.1) is 17.3 Å². The Balaban J connectivity index is 2.33. The fourth-order valence-electron chi connectivity index (χ4n) is 2.01. The van der Waals surface area contributed by atoms with Crippen molar-refractivity contribution in [3.05, 3.63) is 63.3 Å². The summed E-state index contributed by atoms with van der Waals surface area (Å²) in [4.78, 5) is 29.0. The van der Waals surface area contributed by atoms with E-state index in [1.807, 2.05) is 0 Å². The first-order chi connectivity index (χ1) is 11.9. The molecule has 25 heavy (non-hydrogen) atoms. The normalized spacial score (nSPS) is 12.2. The molecule has 2 aromatic rings. The standard InChI is InChI=1S/C18H14BrClFNO3/c1-2-25-18(24)15(10-22-13-6-4-12(21)5-7-13)17(23)14-8-3-11(19)9-16(14)20/h3-10,15H,2H2,1H3. The van der Waals surface area contributed by atoms with Crippen molar-refractivity contribution in [1.82, 2.24) is 0 Å². The summed E-state index contributed by atoms with van der Waals surface area (Å²) in [6.45, 7) is 1.77. The number of ether oxygens (including phenoxy) is 1. The minimum atomic E-state index is -1.25. The smallest absolute Gasteiger partial charge is 0.322 e. The van der Waals surface area contributed by atoms with Crippen LogP contribution in [0.25, 0.3) is 0 Å². The third-order valence-corrected chi connectivity index (χ3v) is 4.02. The number of aliphatic imine (C=N–C) groups is 1. The molecule has 0 aliphatic carbocycles. The molecular formula is C18H14BrClFNO3. The van der Waals surface area contributed by atoms with Crippen LogP contribution in [0.2, 0.25) is 5.02 Å².